The summed E-state index contributed by atoms with van der Waals surface area (Å²) in [7, 11) is 1.58. The molecule has 0 aliphatic heterocycles. The van der Waals surface area contributed by atoms with Crippen LogP contribution in [0, 0.1) is 19.8 Å². The largest absolute Gasteiger partial charge is 0.485 e. The molecule has 0 fully saturated rings. The standard InChI is InChI=1S/C21H28N2O3/c1-14(2)9-10-23-15(3)11-19(16(23)4)20(24)13-26-18-8-6-7-17(12-18)21(25)22-5/h6-8,11-12,14H,9-10,13H2,1-5H3,(H,22,25). The van der Waals surface area contributed by atoms with Crippen molar-refractivity contribution in [1.29, 1.82) is 0 Å². The molecule has 0 radical (unpaired) electrons. The third-order valence-electron chi connectivity index (χ3n) is 4.50. The normalized spacial score (nSPS) is 10.8. The fraction of sp³-hybridized carbons (Fsp3) is 0.429. The summed E-state index contributed by atoms with van der Waals surface area (Å²) in [6.45, 7) is 9.26. The maximum atomic E-state index is 12.6. The van der Waals surface area contributed by atoms with Crippen LogP contribution in [0.25, 0.3) is 0 Å². The Labute approximate surface area is 155 Å². The molecular weight excluding hydrogens is 328 g/mol. The Morgan fingerprint density at radius 2 is 1.92 bits per heavy atom. The summed E-state index contributed by atoms with van der Waals surface area (Å²) in [5, 5.41) is 2.57. The van der Waals surface area contributed by atoms with Gasteiger partial charge in [-0.2, -0.15) is 0 Å². The summed E-state index contributed by atoms with van der Waals surface area (Å²) in [4.78, 5) is 24.3. The highest BCUT2D eigenvalue weighted by atomic mass is 16.5. The van der Waals surface area contributed by atoms with Gasteiger partial charge >= 0.3 is 0 Å². The molecule has 0 saturated carbocycles. The van der Waals surface area contributed by atoms with Gasteiger partial charge in [-0.25, -0.2) is 0 Å². The number of amides is 1. The second-order valence-corrected chi connectivity index (χ2v) is 6.94. The highest BCUT2D eigenvalue weighted by molar-refractivity contribution is 5.98. The molecule has 0 unspecified atom stereocenters. The second-order valence-electron chi connectivity index (χ2n) is 6.94. The Morgan fingerprint density at radius 3 is 2.58 bits per heavy atom. The summed E-state index contributed by atoms with van der Waals surface area (Å²) in [6, 6.07) is 8.75. The van der Waals surface area contributed by atoms with Crippen molar-refractivity contribution < 1.29 is 14.3 Å². The zero-order valence-electron chi connectivity index (χ0n) is 16.3. The molecule has 26 heavy (non-hydrogen) atoms. The Bertz CT molecular complexity index is 791. The van der Waals surface area contributed by atoms with Crippen LogP contribution >= 0.6 is 0 Å². The van der Waals surface area contributed by atoms with Crippen LogP contribution in [0.3, 0.4) is 0 Å². The number of ether oxygens (including phenoxy) is 1. The minimum Gasteiger partial charge on any atom is -0.485 e. The van der Waals surface area contributed by atoms with E-state index in [1.165, 1.54) is 0 Å². The fourth-order valence-electron chi connectivity index (χ4n) is 2.91. The van der Waals surface area contributed by atoms with Crippen LogP contribution < -0.4 is 10.1 Å². The van der Waals surface area contributed by atoms with E-state index in [1.807, 2.05) is 19.9 Å². The number of aryl methyl sites for hydroxylation is 1. The van der Waals surface area contributed by atoms with Gasteiger partial charge in [-0.05, 0) is 50.5 Å². The van der Waals surface area contributed by atoms with Gasteiger partial charge in [-0.3, -0.25) is 9.59 Å². The molecule has 0 aliphatic rings. The van der Waals surface area contributed by atoms with Crippen molar-refractivity contribution in [3.63, 3.8) is 0 Å². The predicted octanol–water partition coefficient (Wildman–Crippen LogP) is 3.77. The monoisotopic (exact) mass is 356 g/mol. The van der Waals surface area contributed by atoms with Crippen LogP contribution in [-0.4, -0.2) is 29.9 Å². The van der Waals surface area contributed by atoms with E-state index < -0.39 is 0 Å². The van der Waals surface area contributed by atoms with Crippen LogP contribution in [0.15, 0.2) is 30.3 Å². The minimum atomic E-state index is -0.185. The van der Waals surface area contributed by atoms with Crippen molar-refractivity contribution in [2.45, 2.75) is 40.7 Å². The number of hydrogen-bond acceptors (Lipinski definition) is 3. The first-order chi connectivity index (χ1) is 12.3. The van der Waals surface area contributed by atoms with Gasteiger partial charge in [0.15, 0.2) is 6.61 Å². The number of carbonyl (C=O) groups excluding carboxylic acids is 2. The molecule has 1 heterocycles. The van der Waals surface area contributed by atoms with Gasteiger partial charge in [0.1, 0.15) is 5.75 Å². The highest BCUT2D eigenvalue weighted by Gasteiger charge is 2.16. The number of rotatable bonds is 8. The maximum absolute atomic E-state index is 12.6. The zero-order chi connectivity index (χ0) is 19.3. The Morgan fingerprint density at radius 1 is 1.19 bits per heavy atom. The fourth-order valence-corrected chi connectivity index (χ4v) is 2.91. The molecule has 2 aromatic rings. The van der Waals surface area contributed by atoms with E-state index in [1.54, 1.807) is 31.3 Å². The minimum absolute atomic E-state index is 0.0499. The van der Waals surface area contributed by atoms with Crippen molar-refractivity contribution in [3.05, 3.63) is 52.8 Å². The summed E-state index contributed by atoms with van der Waals surface area (Å²) in [6.07, 6.45) is 1.08. The Balaban J connectivity index is 2.07. The summed E-state index contributed by atoms with van der Waals surface area (Å²) >= 11 is 0. The van der Waals surface area contributed by atoms with Gasteiger partial charge in [-0.15, -0.1) is 0 Å². The summed E-state index contributed by atoms with van der Waals surface area (Å²) in [5.41, 5.74) is 3.28. The van der Waals surface area contributed by atoms with Crippen LogP contribution in [-0.2, 0) is 6.54 Å². The highest BCUT2D eigenvalue weighted by Crippen LogP contribution is 2.19. The van der Waals surface area contributed by atoms with Crippen LogP contribution in [0.2, 0.25) is 0 Å². The maximum Gasteiger partial charge on any atom is 0.251 e. The van der Waals surface area contributed by atoms with Gasteiger partial charge in [0, 0.05) is 36.1 Å². The van der Waals surface area contributed by atoms with E-state index in [0.29, 0.717) is 22.8 Å². The second kappa shape index (κ2) is 8.70. The lowest BCUT2D eigenvalue weighted by atomic mass is 10.1. The summed E-state index contributed by atoms with van der Waals surface area (Å²) in [5.74, 6) is 0.883. The van der Waals surface area contributed by atoms with Crippen LogP contribution in [0.1, 0.15) is 52.4 Å². The van der Waals surface area contributed by atoms with Crippen molar-refractivity contribution >= 4 is 11.7 Å². The Kier molecular flexibility index (Phi) is 6.61. The first kappa shape index (κ1) is 19.8. The number of hydrogen-bond donors (Lipinski definition) is 1. The molecule has 1 amide bonds. The first-order valence-corrected chi connectivity index (χ1v) is 8.98. The third kappa shape index (κ3) is 4.75. The SMILES string of the molecule is CNC(=O)c1cccc(OCC(=O)c2cc(C)n(CCC(C)C)c2C)c1. The molecular formula is C21H28N2O3. The topological polar surface area (TPSA) is 60.3 Å². The van der Waals surface area contributed by atoms with E-state index in [0.717, 1.165) is 24.4 Å². The van der Waals surface area contributed by atoms with Crippen LogP contribution in [0.4, 0.5) is 0 Å². The van der Waals surface area contributed by atoms with E-state index in [4.69, 9.17) is 4.74 Å². The van der Waals surface area contributed by atoms with E-state index >= 15 is 0 Å². The number of nitrogens with one attached hydrogen (secondary N) is 1. The molecule has 140 valence electrons. The van der Waals surface area contributed by atoms with Gasteiger partial charge < -0.3 is 14.6 Å². The molecule has 1 N–H and O–H groups in total. The molecule has 2 rings (SSSR count). The predicted molar refractivity (Wildman–Crippen MR) is 103 cm³/mol. The number of ketones is 1. The Hall–Kier alpha value is -2.56. The van der Waals surface area contributed by atoms with Gasteiger partial charge in [0.05, 0.1) is 0 Å². The summed E-state index contributed by atoms with van der Waals surface area (Å²) < 4.78 is 7.81. The lowest BCUT2D eigenvalue weighted by Gasteiger charge is -2.11. The molecule has 5 heteroatoms. The molecule has 0 aliphatic carbocycles. The smallest absolute Gasteiger partial charge is 0.251 e. The van der Waals surface area contributed by atoms with E-state index in [-0.39, 0.29) is 18.3 Å². The molecule has 0 saturated heterocycles. The van der Waals surface area contributed by atoms with Crippen molar-refractivity contribution in [3.8, 4) is 5.75 Å². The quantitative estimate of drug-likeness (QED) is 0.733. The lowest BCUT2D eigenvalue weighted by Crippen LogP contribution is -2.18. The number of Topliss-reactive ketones (excluding diaryl/α,β-unsaturated/α-hetero) is 1. The number of nitrogens with zero attached hydrogens (tertiary/aromatic N) is 1. The van der Waals surface area contributed by atoms with Gasteiger partial charge in [0.25, 0.3) is 5.91 Å². The third-order valence-corrected chi connectivity index (χ3v) is 4.50. The number of benzene rings is 1. The molecule has 0 bridgehead atoms. The molecule has 1 aromatic heterocycles. The van der Waals surface area contributed by atoms with E-state index in [2.05, 4.69) is 23.7 Å². The van der Waals surface area contributed by atoms with Gasteiger partial charge in [0.2, 0.25) is 5.78 Å². The average Bonchev–Trinajstić information content (AvgIpc) is 2.91. The number of aromatic nitrogens is 1. The molecule has 5 nitrogen and oxygen atoms in total. The molecule has 0 spiro atoms. The lowest BCUT2D eigenvalue weighted by molar-refractivity contribution is 0.0920. The average molecular weight is 356 g/mol. The van der Waals surface area contributed by atoms with Crippen molar-refractivity contribution in [2.75, 3.05) is 13.7 Å². The van der Waals surface area contributed by atoms with E-state index in [9.17, 15) is 9.59 Å². The molecule has 0 atom stereocenters. The zero-order valence-corrected chi connectivity index (χ0v) is 16.3. The first-order valence-electron chi connectivity index (χ1n) is 8.98. The molecule has 1 aromatic carbocycles. The van der Waals surface area contributed by atoms with Crippen LogP contribution in [0.5, 0.6) is 5.75 Å². The number of carbonyl (C=O) groups is 2. The van der Waals surface area contributed by atoms with Crippen molar-refractivity contribution in [1.82, 2.24) is 9.88 Å². The van der Waals surface area contributed by atoms with Crippen molar-refractivity contribution in [2.24, 2.45) is 5.92 Å². The van der Waals surface area contributed by atoms with Gasteiger partial charge in [-0.1, -0.05) is 19.9 Å².